The maximum atomic E-state index is 12.1. The van der Waals surface area contributed by atoms with Crippen LogP contribution in [-0.4, -0.2) is 40.0 Å². The lowest BCUT2D eigenvalue weighted by atomic mass is 10.2. The Morgan fingerprint density at radius 2 is 1.96 bits per heavy atom. The maximum absolute atomic E-state index is 12.1. The standard InChI is InChI=1S/C17H20N2O4/c1-2-19(11-10-17(21)22)16(20)9-8-15-18-12-14(23-15)13-6-4-3-5-7-13/h3-7,12H,2,8-11H2,1H3,(H,21,22). The molecule has 6 nitrogen and oxygen atoms in total. The van der Waals surface area contributed by atoms with Crippen LogP contribution in [0.3, 0.4) is 0 Å². The number of carboxylic acids is 1. The molecule has 2 rings (SSSR count). The van der Waals surface area contributed by atoms with E-state index in [9.17, 15) is 9.59 Å². The van der Waals surface area contributed by atoms with Crippen LogP contribution in [0.1, 0.15) is 25.7 Å². The van der Waals surface area contributed by atoms with Gasteiger partial charge in [0.2, 0.25) is 5.91 Å². The molecule has 0 saturated heterocycles. The van der Waals surface area contributed by atoms with Crippen LogP contribution in [0.5, 0.6) is 0 Å². The molecule has 0 aliphatic heterocycles. The summed E-state index contributed by atoms with van der Waals surface area (Å²) in [6.07, 6.45) is 2.26. The average Bonchev–Trinajstić information content (AvgIpc) is 3.03. The lowest BCUT2D eigenvalue weighted by Crippen LogP contribution is -2.33. The van der Waals surface area contributed by atoms with Gasteiger partial charge in [0.05, 0.1) is 12.6 Å². The van der Waals surface area contributed by atoms with Gasteiger partial charge < -0.3 is 14.4 Å². The number of hydrogen-bond donors (Lipinski definition) is 1. The number of hydrogen-bond acceptors (Lipinski definition) is 4. The summed E-state index contributed by atoms with van der Waals surface area (Å²) in [6, 6.07) is 9.63. The van der Waals surface area contributed by atoms with Crippen molar-refractivity contribution in [1.29, 1.82) is 0 Å². The van der Waals surface area contributed by atoms with E-state index >= 15 is 0 Å². The lowest BCUT2D eigenvalue weighted by molar-refractivity contribution is -0.138. The fraction of sp³-hybridized carbons (Fsp3) is 0.353. The number of carbonyl (C=O) groups excluding carboxylic acids is 1. The predicted molar refractivity (Wildman–Crippen MR) is 84.8 cm³/mol. The average molecular weight is 316 g/mol. The van der Waals surface area contributed by atoms with Crippen LogP contribution in [0, 0.1) is 0 Å². The number of nitrogens with zero attached hydrogens (tertiary/aromatic N) is 2. The van der Waals surface area contributed by atoms with Crippen molar-refractivity contribution in [3.05, 3.63) is 42.4 Å². The molecule has 0 spiro atoms. The normalized spacial score (nSPS) is 10.5. The second-order valence-electron chi connectivity index (χ2n) is 5.10. The van der Waals surface area contributed by atoms with E-state index in [2.05, 4.69) is 4.98 Å². The Morgan fingerprint density at radius 3 is 2.61 bits per heavy atom. The summed E-state index contributed by atoms with van der Waals surface area (Å²) >= 11 is 0. The Hall–Kier alpha value is -2.63. The van der Waals surface area contributed by atoms with Crippen molar-refractivity contribution in [2.45, 2.75) is 26.2 Å². The Bertz CT molecular complexity index is 652. The van der Waals surface area contributed by atoms with Crippen molar-refractivity contribution in [3.8, 4) is 11.3 Å². The molecule has 122 valence electrons. The van der Waals surface area contributed by atoms with Crippen molar-refractivity contribution < 1.29 is 19.1 Å². The highest BCUT2D eigenvalue weighted by Crippen LogP contribution is 2.20. The number of aliphatic carboxylic acids is 1. The van der Waals surface area contributed by atoms with Gasteiger partial charge in [-0.05, 0) is 6.92 Å². The van der Waals surface area contributed by atoms with Crippen molar-refractivity contribution in [1.82, 2.24) is 9.88 Å². The van der Waals surface area contributed by atoms with Crippen LogP contribution in [0.2, 0.25) is 0 Å². The second-order valence-corrected chi connectivity index (χ2v) is 5.10. The Kier molecular flexibility index (Phi) is 5.91. The summed E-state index contributed by atoms with van der Waals surface area (Å²) in [4.78, 5) is 28.4. The Morgan fingerprint density at radius 1 is 1.22 bits per heavy atom. The van der Waals surface area contributed by atoms with Gasteiger partial charge in [0.25, 0.3) is 0 Å². The van der Waals surface area contributed by atoms with Gasteiger partial charge in [-0.3, -0.25) is 9.59 Å². The highest BCUT2D eigenvalue weighted by Gasteiger charge is 2.14. The molecule has 1 amide bonds. The minimum atomic E-state index is -0.906. The molecule has 0 fully saturated rings. The van der Waals surface area contributed by atoms with Crippen molar-refractivity contribution in [2.75, 3.05) is 13.1 Å². The van der Waals surface area contributed by atoms with Gasteiger partial charge in [-0.1, -0.05) is 30.3 Å². The molecule has 0 bridgehead atoms. The largest absolute Gasteiger partial charge is 0.481 e. The molecule has 23 heavy (non-hydrogen) atoms. The summed E-state index contributed by atoms with van der Waals surface area (Å²) in [7, 11) is 0. The molecular formula is C17H20N2O4. The number of carbonyl (C=O) groups is 2. The fourth-order valence-corrected chi connectivity index (χ4v) is 2.22. The van der Waals surface area contributed by atoms with Crippen LogP contribution in [0.4, 0.5) is 0 Å². The van der Waals surface area contributed by atoms with Gasteiger partial charge in [-0.25, -0.2) is 4.98 Å². The monoisotopic (exact) mass is 316 g/mol. The van der Waals surface area contributed by atoms with Gasteiger partial charge >= 0.3 is 5.97 Å². The van der Waals surface area contributed by atoms with E-state index in [0.29, 0.717) is 24.6 Å². The highest BCUT2D eigenvalue weighted by molar-refractivity contribution is 5.77. The van der Waals surface area contributed by atoms with E-state index in [1.807, 2.05) is 37.3 Å². The molecule has 0 aliphatic carbocycles. The molecule has 0 unspecified atom stereocenters. The van der Waals surface area contributed by atoms with Crippen molar-refractivity contribution in [2.24, 2.45) is 0 Å². The summed E-state index contributed by atoms with van der Waals surface area (Å²) in [5.74, 6) is 0.183. The quantitative estimate of drug-likeness (QED) is 0.809. The Balaban J connectivity index is 1.89. The summed E-state index contributed by atoms with van der Waals surface area (Å²) < 4.78 is 5.66. The van der Waals surface area contributed by atoms with E-state index in [4.69, 9.17) is 9.52 Å². The van der Waals surface area contributed by atoms with Gasteiger partial charge in [-0.15, -0.1) is 0 Å². The van der Waals surface area contributed by atoms with Gasteiger partial charge in [0.1, 0.15) is 0 Å². The molecule has 6 heteroatoms. The van der Waals surface area contributed by atoms with Crippen LogP contribution in [-0.2, 0) is 16.0 Å². The number of aromatic nitrogens is 1. The molecule has 0 radical (unpaired) electrons. The van der Waals surface area contributed by atoms with E-state index in [-0.39, 0.29) is 25.3 Å². The molecular weight excluding hydrogens is 296 g/mol. The van der Waals surface area contributed by atoms with Crippen LogP contribution < -0.4 is 0 Å². The van der Waals surface area contributed by atoms with Crippen molar-refractivity contribution >= 4 is 11.9 Å². The summed E-state index contributed by atoms with van der Waals surface area (Å²) in [6.45, 7) is 2.55. The molecule has 1 aromatic carbocycles. The lowest BCUT2D eigenvalue weighted by Gasteiger charge is -2.19. The number of rotatable bonds is 8. The number of aryl methyl sites for hydroxylation is 1. The fourth-order valence-electron chi connectivity index (χ4n) is 2.22. The first-order valence-corrected chi connectivity index (χ1v) is 7.60. The van der Waals surface area contributed by atoms with Crippen LogP contribution in [0.15, 0.2) is 40.9 Å². The maximum Gasteiger partial charge on any atom is 0.305 e. The molecule has 0 saturated carbocycles. The van der Waals surface area contributed by atoms with E-state index in [0.717, 1.165) is 5.56 Å². The number of carboxylic acid groups (broad SMARTS) is 1. The highest BCUT2D eigenvalue weighted by atomic mass is 16.4. The number of oxazole rings is 1. The molecule has 1 heterocycles. The van der Waals surface area contributed by atoms with Gasteiger partial charge in [0.15, 0.2) is 11.7 Å². The number of amides is 1. The molecule has 2 aromatic rings. The smallest absolute Gasteiger partial charge is 0.305 e. The SMILES string of the molecule is CCN(CCC(=O)O)C(=O)CCc1ncc(-c2ccccc2)o1. The zero-order chi connectivity index (χ0) is 16.7. The van der Waals surface area contributed by atoms with Crippen LogP contribution >= 0.6 is 0 Å². The summed E-state index contributed by atoms with van der Waals surface area (Å²) in [5, 5.41) is 8.70. The van der Waals surface area contributed by atoms with Gasteiger partial charge in [-0.2, -0.15) is 0 Å². The molecule has 0 atom stereocenters. The van der Waals surface area contributed by atoms with Gasteiger partial charge in [0, 0.05) is 31.5 Å². The number of benzene rings is 1. The zero-order valence-corrected chi connectivity index (χ0v) is 13.1. The third kappa shape index (κ3) is 4.95. The molecule has 0 aliphatic rings. The molecule has 1 aromatic heterocycles. The minimum Gasteiger partial charge on any atom is -0.481 e. The van der Waals surface area contributed by atoms with Crippen LogP contribution in [0.25, 0.3) is 11.3 Å². The third-order valence-corrected chi connectivity index (χ3v) is 3.49. The second kappa shape index (κ2) is 8.12. The topological polar surface area (TPSA) is 83.6 Å². The van der Waals surface area contributed by atoms with E-state index < -0.39 is 5.97 Å². The van der Waals surface area contributed by atoms with E-state index in [1.54, 1.807) is 6.20 Å². The van der Waals surface area contributed by atoms with E-state index in [1.165, 1.54) is 4.90 Å². The first-order chi connectivity index (χ1) is 11.1. The predicted octanol–water partition coefficient (Wildman–Crippen LogP) is 2.60. The zero-order valence-electron chi connectivity index (χ0n) is 13.1. The minimum absolute atomic E-state index is 0.0449. The van der Waals surface area contributed by atoms with Crippen molar-refractivity contribution in [3.63, 3.8) is 0 Å². The summed E-state index contributed by atoms with van der Waals surface area (Å²) in [5.41, 5.74) is 0.939. The molecule has 1 N–H and O–H groups in total. The third-order valence-electron chi connectivity index (χ3n) is 3.49. The first-order valence-electron chi connectivity index (χ1n) is 7.60. The Labute approximate surface area is 134 Å². The first kappa shape index (κ1) is 16.7.